The first-order valence-corrected chi connectivity index (χ1v) is 6.41. The van der Waals surface area contributed by atoms with Gasteiger partial charge >= 0.3 is 0 Å². The van der Waals surface area contributed by atoms with Crippen molar-refractivity contribution >= 4 is 11.7 Å². The Hall–Kier alpha value is -1.06. The van der Waals surface area contributed by atoms with Crippen molar-refractivity contribution in [1.82, 2.24) is 10.2 Å². The van der Waals surface area contributed by atoms with Crippen molar-refractivity contribution in [1.29, 1.82) is 0 Å². The molecular formula is C12H21N3O. The van der Waals surface area contributed by atoms with Gasteiger partial charge < -0.3 is 10.2 Å². The summed E-state index contributed by atoms with van der Waals surface area (Å²) in [6.07, 6.45) is 6.98. The van der Waals surface area contributed by atoms with Crippen LogP contribution in [0.15, 0.2) is 4.99 Å². The third-order valence-corrected chi connectivity index (χ3v) is 3.28. The minimum Gasteiger partial charge on any atom is -0.365 e. The first-order valence-electron chi connectivity index (χ1n) is 6.41. The van der Waals surface area contributed by atoms with Gasteiger partial charge in [0, 0.05) is 26.1 Å². The van der Waals surface area contributed by atoms with Gasteiger partial charge in [0.15, 0.2) is 0 Å². The molecule has 0 bridgehead atoms. The molecule has 0 aromatic heterocycles. The van der Waals surface area contributed by atoms with Crippen molar-refractivity contribution in [3.8, 4) is 0 Å². The zero-order valence-electron chi connectivity index (χ0n) is 9.87. The fourth-order valence-electron chi connectivity index (χ4n) is 2.27. The van der Waals surface area contributed by atoms with Gasteiger partial charge in [0.25, 0.3) is 0 Å². The number of aliphatic imine (C=N–C) groups is 1. The molecule has 1 N–H and O–H groups in total. The number of carbonyl (C=O) groups is 1. The summed E-state index contributed by atoms with van der Waals surface area (Å²) < 4.78 is 0. The molecule has 0 aliphatic carbocycles. The van der Waals surface area contributed by atoms with Crippen LogP contribution in [-0.2, 0) is 4.79 Å². The van der Waals surface area contributed by atoms with E-state index in [0.29, 0.717) is 6.54 Å². The minimum atomic E-state index is 0.230. The van der Waals surface area contributed by atoms with Gasteiger partial charge in [-0.1, -0.05) is 0 Å². The molecule has 0 saturated carbocycles. The van der Waals surface area contributed by atoms with Crippen molar-refractivity contribution in [2.24, 2.45) is 4.99 Å². The van der Waals surface area contributed by atoms with Gasteiger partial charge in [0.05, 0.1) is 12.4 Å². The third kappa shape index (κ3) is 3.22. The van der Waals surface area contributed by atoms with Crippen LogP contribution in [0.1, 0.15) is 38.5 Å². The van der Waals surface area contributed by atoms with Crippen molar-refractivity contribution in [2.75, 3.05) is 26.2 Å². The fraction of sp³-hybridized carbons (Fsp3) is 0.833. The molecule has 0 atom stereocenters. The van der Waals surface area contributed by atoms with E-state index in [2.05, 4.69) is 10.3 Å². The summed E-state index contributed by atoms with van der Waals surface area (Å²) in [6, 6.07) is 0. The van der Waals surface area contributed by atoms with Crippen LogP contribution >= 0.6 is 0 Å². The molecule has 1 fully saturated rings. The molecule has 0 unspecified atom stereocenters. The molecule has 0 aromatic rings. The lowest BCUT2D eigenvalue weighted by molar-refractivity contribution is -0.130. The van der Waals surface area contributed by atoms with E-state index in [1.54, 1.807) is 0 Å². The third-order valence-electron chi connectivity index (χ3n) is 3.28. The van der Waals surface area contributed by atoms with E-state index in [9.17, 15) is 4.79 Å². The number of nitrogens with zero attached hydrogens (tertiary/aromatic N) is 2. The SMILES string of the molecule is O=C(CNC1=NCCCC1)N1CCCCC1. The summed E-state index contributed by atoms with van der Waals surface area (Å²) in [6.45, 7) is 3.22. The topological polar surface area (TPSA) is 44.7 Å². The molecule has 16 heavy (non-hydrogen) atoms. The van der Waals surface area contributed by atoms with Gasteiger partial charge in [-0.05, 0) is 32.1 Å². The molecule has 4 heteroatoms. The molecule has 4 nitrogen and oxygen atoms in total. The Labute approximate surface area is 97.1 Å². The first kappa shape index (κ1) is 11.4. The van der Waals surface area contributed by atoms with E-state index >= 15 is 0 Å². The zero-order valence-corrected chi connectivity index (χ0v) is 9.87. The molecular weight excluding hydrogens is 202 g/mol. The summed E-state index contributed by atoms with van der Waals surface area (Å²) in [5.41, 5.74) is 0. The highest BCUT2D eigenvalue weighted by molar-refractivity contribution is 5.88. The van der Waals surface area contributed by atoms with Crippen molar-refractivity contribution in [2.45, 2.75) is 38.5 Å². The van der Waals surface area contributed by atoms with Crippen LogP contribution in [0.3, 0.4) is 0 Å². The summed E-state index contributed by atoms with van der Waals surface area (Å²) >= 11 is 0. The highest BCUT2D eigenvalue weighted by Gasteiger charge is 2.16. The number of amides is 1. The highest BCUT2D eigenvalue weighted by Crippen LogP contribution is 2.08. The molecule has 2 heterocycles. The van der Waals surface area contributed by atoms with Crippen LogP contribution in [0.5, 0.6) is 0 Å². The number of carbonyl (C=O) groups excluding carboxylic acids is 1. The summed E-state index contributed by atoms with van der Waals surface area (Å²) in [5, 5.41) is 3.18. The molecule has 0 radical (unpaired) electrons. The van der Waals surface area contributed by atoms with Gasteiger partial charge in [-0.25, -0.2) is 0 Å². The maximum atomic E-state index is 11.8. The number of likely N-dealkylation sites (tertiary alicyclic amines) is 1. The minimum absolute atomic E-state index is 0.230. The van der Waals surface area contributed by atoms with Crippen LogP contribution in [0.25, 0.3) is 0 Å². The monoisotopic (exact) mass is 223 g/mol. The Balaban J connectivity index is 1.72. The van der Waals surface area contributed by atoms with E-state index in [4.69, 9.17) is 0 Å². The molecule has 2 aliphatic rings. The Morgan fingerprint density at radius 2 is 2.00 bits per heavy atom. The quantitative estimate of drug-likeness (QED) is 0.764. The first-order chi connectivity index (χ1) is 7.86. The predicted octanol–water partition coefficient (Wildman–Crippen LogP) is 1.17. The van der Waals surface area contributed by atoms with Crippen molar-refractivity contribution in [3.05, 3.63) is 0 Å². The van der Waals surface area contributed by atoms with Crippen LogP contribution in [0.4, 0.5) is 0 Å². The highest BCUT2D eigenvalue weighted by atomic mass is 16.2. The van der Waals surface area contributed by atoms with Crippen LogP contribution in [0.2, 0.25) is 0 Å². The second kappa shape index (κ2) is 5.87. The smallest absolute Gasteiger partial charge is 0.241 e. The number of rotatable bonds is 2. The standard InChI is InChI=1S/C12H21N3O/c16-12(15-8-4-1-5-9-15)10-14-11-6-2-3-7-13-11/h1-10H2,(H,13,14). The molecule has 0 aromatic carbocycles. The van der Waals surface area contributed by atoms with E-state index in [-0.39, 0.29) is 5.91 Å². The fourth-order valence-corrected chi connectivity index (χ4v) is 2.27. The molecule has 1 saturated heterocycles. The van der Waals surface area contributed by atoms with Gasteiger partial charge in [-0.15, -0.1) is 0 Å². The maximum absolute atomic E-state index is 11.8. The zero-order chi connectivity index (χ0) is 11.2. The number of piperidine rings is 1. The lowest BCUT2D eigenvalue weighted by Gasteiger charge is -2.27. The number of nitrogens with one attached hydrogen (secondary N) is 1. The maximum Gasteiger partial charge on any atom is 0.241 e. The van der Waals surface area contributed by atoms with Gasteiger partial charge in [-0.3, -0.25) is 9.79 Å². The largest absolute Gasteiger partial charge is 0.365 e. The van der Waals surface area contributed by atoms with Crippen molar-refractivity contribution < 1.29 is 4.79 Å². The summed E-state index contributed by atoms with van der Waals surface area (Å²) in [7, 11) is 0. The average molecular weight is 223 g/mol. The van der Waals surface area contributed by atoms with Crippen LogP contribution in [-0.4, -0.2) is 42.8 Å². The normalized spacial score (nSPS) is 21.5. The Bertz CT molecular complexity index is 269. The molecule has 0 spiro atoms. The molecule has 2 aliphatic heterocycles. The Kier molecular flexibility index (Phi) is 4.19. The van der Waals surface area contributed by atoms with E-state index in [1.807, 2.05) is 4.90 Å². The van der Waals surface area contributed by atoms with Crippen LogP contribution < -0.4 is 5.32 Å². The number of hydrogen-bond acceptors (Lipinski definition) is 3. The van der Waals surface area contributed by atoms with Gasteiger partial charge in [0.1, 0.15) is 0 Å². The lowest BCUT2D eigenvalue weighted by atomic mass is 10.1. The Morgan fingerprint density at radius 3 is 2.69 bits per heavy atom. The second-order valence-electron chi connectivity index (χ2n) is 4.58. The number of hydrogen-bond donors (Lipinski definition) is 1. The van der Waals surface area contributed by atoms with E-state index < -0.39 is 0 Å². The molecule has 90 valence electrons. The lowest BCUT2D eigenvalue weighted by Crippen LogP contribution is -2.42. The second-order valence-corrected chi connectivity index (χ2v) is 4.58. The molecule has 1 amide bonds. The molecule has 2 rings (SSSR count). The van der Waals surface area contributed by atoms with Gasteiger partial charge in [-0.2, -0.15) is 0 Å². The van der Waals surface area contributed by atoms with E-state index in [1.165, 1.54) is 19.3 Å². The Morgan fingerprint density at radius 1 is 1.19 bits per heavy atom. The van der Waals surface area contributed by atoms with Gasteiger partial charge in [0.2, 0.25) is 5.91 Å². The van der Waals surface area contributed by atoms with Crippen molar-refractivity contribution in [3.63, 3.8) is 0 Å². The number of amidine groups is 1. The van der Waals surface area contributed by atoms with Crippen LogP contribution in [0, 0.1) is 0 Å². The summed E-state index contributed by atoms with van der Waals surface area (Å²) in [4.78, 5) is 18.2. The predicted molar refractivity (Wildman–Crippen MR) is 64.6 cm³/mol. The van der Waals surface area contributed by atoms with E-state index in [0.717, 1.165) is 44.7 Å². The average Bonchev–Trinajstić information content (AvgIpc) is 2.38. The summed E-state index contributed by atoms with van der Waals surface area (Å²) in [5.74, 6) is 1.25.